The fourth-order valence-electron chi connectivity index (χ4n) is 2.38. The molecule has 2 aromatic carbocycles. The molecule has 0 saturated heterocycles. The second kappa shape index (κ2) is 6.29. The van der Waals surface area contributed by atoms with Gasteiger partial charge in [-0.3, -0.25) is 5.84 Å². The summed E-state index contributed by atoms with van der Waals surface area (Å²) >= 11 is 0. The minimum atomic E-state index is -0.0471. The molecule has 3 N–H and O–H groups in total. The first-order valence-electron chi connectivity index (χ1n) is 7.16. The third-order valence-corrected chi connectivity index (χ3v) is 3.70. The van der Waals surface area contributed by atoms with Crippen molar-refractivity contribution in [2.24, 2.45) is 5.84 Å². The van der Waals surface area contributed by atoms with Crippen molar-refractivity contribution in [3.05, 3.63) is 65.2 Å². The summed E-state index contributed by atoms with van der Waals surface area (Å²) in [5, 5.41) is 0. The summed E-state index contributed by atoms with van der Waals surface area (Å²) in [6.45, 7) is 6.63. The maximum atomic E-state index is 5.76. The Bertz CT molecular complexity index is 585. The summed E-state index contributed by atoms with van der Waals surface area (Å²) in [4.78, 5) is 0. The van der Waals surface area contributed by atoms with Crippen LogP contribution in [0.1, 0.15) is 43.5 Å². The largest absolute Gasteiger partial charge is 0.497 e. The number of nitrogens with two attached hydrogens (primary N) is 1. The van der Waals surface area contributed by atoms with Gasteiger partial charge in [-0.25, -0.2) is 5.43 Å². The summed E-state index contributed by atoms with van der Waals surface area (Å²) in [5.41, 5.74) is 6.58. The van der Waals surface area contributed by atoms with E-state index in [2.05, 4.69) is 50.5 Å². The van der Waals surface area contributed by atoms with Gasteiger partial charge in [0.05, 0.1) is 13.2 Å². The molecule has 0 saturated carbocycles. The standard InChI is InChI=1S/C18H24N2O/c1-18(2,3)15-10-8-13(9-11-15)17(20-19)14-6-5-7-16(12-14)21-4/h5-12,17,20H,19H2,1-4H3. The second-order valence-electron chi connectivity index (χ2n) is 6.25. The average Bonchev–Trinajstić information content (AvgIpc) is 2.48. The van der Waals surface area contributed by atoms with Crippen LogP contribution in [0.3, 0.4) is 0 Å². The Balaban J connectivity index is 2.32. The Labute approximate surface area is 127 Å². The van der Waals surface area contributed by atoms with Gasteiger partial charge in [0, 0.05) is 0 Å². The first kappa shape index (κ1) is 15.5. The van der Waals surface area contributed by atoms with Crippen molar-refractivity contribution in [3.8, 4) is 5.75 Å². The molecular formula is C18H24N2O. The van der Waals surface area contributed by atoms with Crippen molar-refractivity contribution < 1.29 is 4.74 Å². The van der Waals surface area contributed by atoms with E-state index in [-0.39, 0.29) is 11.5 Å². The molecule has 0 bridgehead atoms. The molecule has 0 spiro atoms. The van der Waals surface area contributed by atoms with Crippen LogP contribution in [-0.2, 0) is 5.41 Å². The summed E-state index contributed by atoms with van der Waals surface area (Å²) < 4.78 is 5.28. The number of benzene rings is 2. The predicted octanol–water partition coefficient (Wildman–Crippen LogP) is 3.55. The zero-order chi connectivity index (χ0) is 15.5. The van der Waals surface area contributed by atoms with Gasteiger partial charge in [0.1, 0.15) is 5.75 Å². The topological polar surface area (TPSA) is 47.3 Å². The number of hydrogen-bond donors (Lipinski definition) is 2. The summed E-state index contributed by atoms with van der Waals surface area (Å²) in [7, 11) is 1.67. The molecule has 0 heterocycles. The van der Waals surface area contributed by atoms with Crippen molar-refractivity contribution in [1.82, 2.24) is 5.43 Å². The van der Waals surface area contributed by atoms with E-state index in [0.717, 1.165) is 16.9 Å². The van der Waals surface area contributed by atoms with E-state index in [4.69, 9.17) is 10.6 Å². The smallest absolute Gasteiger partial charge is 0.119 e. The van der Waals surface area contributed by atoms with Crippen molar-refractivity contribution in [2.45, 2.75) is 32.2 Å². The van der Waals surface area contributed by atoms with Crippen LogP contribution in [0.25, 0.3) is 0 Å². The molecule has 2 rings (SSSR count). The molecule has 1 unspecified atom stereocenters. The minimum absolute atomic E-state index is 0.0471. The third kappa shape index (κ3) is 3.63. The number of rotatable bonds is 4. The van der Waals surface area contributed by atoms with E-state index >= 15 is 0 Å². The number of methoxy groups -OCH3 is 1. The van der Waals surface area contributed by atoms with Gasteiger partial charge in [-0.2, -0.15) is 0 Å². The molecule has 0 fully saturated rings. The predicted molar refractivity (Wildman–Crippen MR) is 87.3 cm³/mol. The Morgan fingerprint density at radius 3 is 2.19 bits per heavy atom. The van der Waals surface area contributed by atoms with Crippen LogP contribution in [0.5, 0.6) is 5.75 Å². The van der Waals surface area contributed by atoms with Crippen LogP contribution in [0.4, 0.5) is 0 Å². The first-order chi connectivity index (χ1) is 9.95. The SMILES string of the molecule is COc1cccc(C(NN)c2ccc(C(C)(C)C)cc2)c1. The monoisotopic (exact) mass is 284 g/mol. The quantitative estimate of drug-likeness (QED) is 0.667. The second-order valence-corrected chi connectivity index (χ2v) is 6.25. The summed E-state index contributed by atoms with van der Waals surface area (Å²) in [5.74, 6) is 6.59. The average molecular weight is 284 g/mol. The third-order valence-electron chi connectivity index (χ3n) is 3.70. The number of nitrogens with one attached hydrogen (secondary N) is 1. The maximum Gasteiger partial charge on any atom is 0.119 e. The van der Waals surface area contributed by atoms with Gasteiger partial charge in [-0.05, 0) is 34.2 Å². The van der Waals surface area contributed by atoms with Crippen LogP contribution in [0.15, 0.2) is 48.5 Å². The van der Waals surface area contributed by atoms with E-state index < -0.39 is 0 Å². The zero-order valence-electron chi connectivity index (χ0n) is 13.2. The Kier molecular flexibility index (Phi) is 4.66. The zero-order valence-corrected chi connectivity index (χ0v) is 13.2. The molecule has 0 radical (unpaired) electrons. The fourth-order valence-corrected chi connectivity index (χ4v) is 2.38. The van der Waals surface area contributed by atoms with E-state index in [1.54, 1.807) is 7.11 Å². The fraction of sp³-hybridized carbons (Fsp3) is 0.333. The number of hydrazine groups is 1. The Morgan fingerprint density at radius 1 is 1.00 bits per heavy atom. The van der Waals surface area contributed by atoms with E-state index in [0.29, 0.717) is 0 Å². The molecule has 3 nitrogen and oxygen atoms in total. The van der Waals surface area contributed by atoms with Gasteiger partial charge < -0.3 is 4.74 Å². The molecule has 0 aliphatic heterocycles. The van der Waals surface area contributed by atoms with Gasteiger partial charge in [0.15, 0.2) is 0 Å². The molecule has 0 amide bonds. The molecular weight excluding hydrogens is 260 g/mol. The van der Waals surface area contributed by atoms with Gasteiger partial charge in [0.25, 0.3) is 0 Å². The van der Waals surface area contributed by atoms with Gasteiger partial charge >= 0.3 is 0 Å². The highest BCUT2D eigenvalue weighted by Gasteiger charge is 2.16. The van der Waals surface area contributed by atoms with Gasteiger partial charge in [-0.15, -0.1) is 0 Å². The van der Waals surface area contributed by atoms with Gasteiger partial charge in [0.2, 0.25) is 0 Å². The molecule has 2 aromatic rings. The van der Waals surface area contributed by atoms with Crippen LogP contribution >= 0.6 is 0 Å². The molecule has 21 heavy (non-hydrogen) atoms. The summed E-state index contributed by atoms with van der Waals surface area (Å²) in [6.07, 6.45) is 0. The Morgan fingerprint density at radius 2 is 1.67 bits per heavy atom. The molecule has 112 valence electrons. The van der Waals surface area contributed by atoms with E-state index in [9.17, 15) is 0 Å². The molecule has 0 aromatic heterocycles. The molecule has 1 atom stereocenters. The lowest BCUT2D eigenvalue weighted by molar-refractivity contribution is 0.413. The highest BCUT2D eigenvalue weighted by Crippen LogP contribution is 2.27. The maximum absolute atomic E-state index is 5.76. The van der Waals surface area contributed by atoms with Crippen molar-refractivity contribution in [1.29, 1.82) is 0 Å². The minimum Gasteiger partial charge on any atom is -0.497 e. The van der Waals surface area contributed by atoms with Crippen LogP contribution < -0.4 is 16.0 Å². The number of hydrogen-bond acceptors (Lipinski definition) is 3. The highest BCUT2D eigenvalue weighted by molar-refractivity contribution is 5.38. The molecule has 0 aliphatic rings. The normalized spacial score (nSPS) is 13.0. The first-order valence-corrected chi connectivity index (χ1v) is 7.16. The van der Waals surface area contributed by atoms with Crippen molar-refractivity contribution in [2.75, 3.05) is 7.11 Å². The van der Waals surface area contributed by atoms with Crippen molar-refractivity contribution >= 4 is 0 Å². The molecule has 0 aliphatic carbocycles. The van der Waals surface area contributed by atoms with E-state index in [1.807, 2.05) is 24.3 Å². The Hall–Kier alpha value is -1.84. The van der Waals surface area contributed by atoms with Crippen LogP contribution in [0.2, 0.25) is 0 Å². The van der Waals surface area contributed by atoms with E-state index in [1.165, 1.54) is 5.56 Å². The van der Waals surface area contributed by atoms with Gasteiger partial charge in [-0.1, -0.05) is 57.2 Å². The lowest BCUT2D eigenvalue weighted by Crippen LogP contribution is -2.28. The number of ether oxygens (including phenoxy) is 1. The van der Waals surface area contributed by atoms with Crippen molar-refractivity contribution in [3.63, 3.8) is 0 Å². The molecule has 3 heteroatoms. The highest BCUT2D eigenvalue weighted by atomic mass is 16.5. The van der Waals surface area contributed by atoms with Crippen LogP contribution in [-0.4, -0.2) is 7.11 Å². The summed E-state index contributed by atoms with van der Waals surface area (Å²) in [6, 6.07) is 16.5. The lowest BCUT2D eigenvalue weighted by atomic mass is 9.86. The lowest BCUT2D eigenvalue weighted by Gasteiger charge is -2.22. The van der Waals surface area contributed by atoms with Crippen LogP contribution in [0, 0.1) is 0 Å².